The molecule has 100 valence electrons. The van der Waals surface area contributed by atoms with Gasteiger partial charge in [-0.1, -0.05) is 6.07 Å². The van der Waals surface area contributed by atoms with E-state index in [1.807, 2.05) is 0 Å². The summed E-state index contributed by atoms with van der Waals surface area (Å²) in [6.07, 6.45) is 1.67. The number of nitrogens with zero attached hydrogens (tertiary/aromatic N) is 1. The molecule has 0 bridgehead atoms. The van der Waals surface area contributed by atoms with Crippen molar-refractivity contribution in [2.45, 2.75) is 12.5 Å². The molecule has 0 radical (unpaired) electrons. The number of hydrazine groups is 1. The molecule has 2 aromatic rings. The zero-order valence-corrected chi connectivity index (χ0v) is 11.5. The van der Waals surface area contributed by atoms with Gasteiger partial charge in [0.2, 0.25) is 0 Å². The molecule has 0 aliphatic rings. The van der Waals surface area contributed by atoms with E-state index in [1.54, 1.807) is 18.3 Å². The Morgan fingerprint density at radius 2 is 1.89 bits per heavy atom. The molecule has 0 spiro atoms. The van der Waals surface area contributed by atoms with Crippen molar-refractivity contribution < 1.29 is 8.78 Å². The molecule has 1 atom stereocenters. The van der Waals surface area contributed by atoms with Crippen molar-refractivity contribution in [3.63, 3.8) is 0 Å². The van der Waals surface area contributed by atoms with E-state index >= 15 is 0 Å². The lowest BCUT2D eigenvalue weighted by Gasteiger charge is -2.17. The number of nitrogens with one attached hydrogen (secondary N) is 1. The van der Waals surface area contributed by atoms with Crippen molar-refractivity contribution in [2.24, 2.45) is 5.84 Å². The number of nitrogens with two attached hydrogens (primary N) is 1. The molecule has 0 aliphatic carbocycles. The van der Waals surface area contributed by atoms with Gasteiger partial charge in [-0.2, -0.15) is 0 Å². The number of hydrogen-bond donors (Lipinski definition) is 2. The molecule has 0 fully saturated rings. The fraction of sp³-hybridized carbons (Fsp3) is 0.154. The predicted molar refractivity (Wildman–Crippen MR) is 72.1 cm³/mol. The van der Waals surface area contributed by atoms with Gasteiger partial charge in [0.05, 0.1) is 11.7 Å². The fourth-order valence-corrected chi connectivity index (χ4v) is 2.35. The Morgan fingerprint density at radius 1 is 1.21 bits per heavy atom. The Bertz CT molecular complexity index is 557. The van der Waals surface area contributed by atoms with Crippen molar-refractivity contribution in [2.75, 3.05) is 0 Å². The van der Waals surface area contributed by atoms with Crippen molar-refractivity contribution in [1.29, 1.82) is 0 Å². The van der Waals surface area contributed by atoms with Crippen LogP contribution in [0, 0.1) is 11.6 Å². The van der Waals surface area contributed by atoms with Crippen LogP contribution in [0.4, 0.5) is 8.78 Å². The summed E-state index contributed by atoms with van der Waals surface area (Å²) in [5.74, 6) is 4.29. The van der Waals surface area contributed by atoms with E-state index in [4.69, 9.17) is 5.84 Å². The third kappa shape index (κ3) is 3.15. The van der Waals surface area contributed by atoms with E-state index in [-0.39, 0.29) is 12.0 Å². The molecule has 3 nitrogen and oxygen atoms in total. The predicted octanol–water partition coefficient (Wildman–Crippen LogP) is 2.87. The molecule has 0 amide bonds. The Kier molecular flexibility index (Phi) is 4.57. The van der Waals surface area contributed by atoms with Crippen LogP contribution in [-0.4, -0.2) is 4.98 Å². The van der Waals surface area contributed by atoms with E-state index in [1.165, 1.54) is 18.2 Å². The highest BCUT2D eigenvalue weighted by Gasteiger charge is 2.19. The second-order valence-electron chi connectivity index (χ2n) is 3.99. The van der Waals surface area contributed by atoms with Crippen LogP contribution in [0.15, 0.2) is 41.0 Å². The van der Waals surface area contributed by atoms with Crippen LogP contribution in [0.2, 0.25) is 0 Å². The fourth-order valence-electron chi connectivity index (χ4n) is 1.82. The van der Waals surface area contributed by atoms with E-state index in [0.717, 1.165) is 4.47 Å². The van der Waals surface area contributed by atoms with Crippen molar-refractivity contribution in [1.82, 2.24) is 10.4 Å². The first kappa shape index (κ1) is 14.0. The Labute approximate surface area is 117 Å². The highest BCUT2D eigenvalue weighted by Crippen LogP contribution is 2.25. The zero-order chi connectivity index (χ0) is 13.8. The Morgan fingerprint density at radius 3 is 2.47 bits per heavy atom. The first-order chi connectivity index (χ1) is 9.13. The molecule has 2 rings (SSSR count). The summed E-state index contributed by atoms with van der Waals surface area (Å²) in [5.41, 5.74) is 3.13. The Balaban J connectivity index is 2.32. The smallest absolute Gasteiger partial charge is 0.129 e. The first-order valence-corrected chi connectivity index (χ1v) is 6.42. The quantitative estimate of drug-likeness (QED) is 0.670. The summed E-state index contributed by atoms with van der Waals surface area (Å²) in [5, 5.41) is 0. The largest absolute Gasteiger partial charge is 0.271 e. The molecule has 3 N–H and O–H groups in total. The summed E-state index contributed by atoms with van der Waals surface area (Å²) < 4.78 is 28.0. The van der Waals surface area contributed by atoms with Crippen LogP contribution in [0.25, 0.3) is 0 Å². The molecule has 19 heavy (non-hydrogen) atoms. The van der Waals surface area contributed by atoms with Gasteiger partial charge in [0.15, 0.2) is 0 Å². The minimum atomic E-state index is -0.590. The molecule has 0 saturated carbocycles. The standard InChI is InChI=1S/C13H12BrF2N3/c14-9-3-2-6-18-13(9)12(19-17)7-8-10(15)4-1-5-11(8)16/h1-6,12,19H,7,17H2. The molecule has 6 heteroatoms. The minimum absolute atomic E-state index is 0.0111. The first-order valence-electron chi connectivity index (χ1n) is 5.63. The van der Waals surface area contributed by atoms with Crippen molar-refractivity contribution in [3.05, 3.63) is 63.9 Å². The molecule has 1 unspecified atom stereocenters. The van der Waals surface area contributed by atoms with Crippen molar-refractivity contribution in [3.8, 4) is 0 Å². The van der Waals surface area contributed by atoms with Crippen molar-refractivity contribution >= 4 is 15.9 Å². The maximum atomic E-state index is 13.6. The Hall–Kier alpha value is -1.37. The van der Waals surface area contributed by atoms with Crippen LogP contribution in [0.1, 0.15) is 17.3 Å². The monoisotopic (exact) mass is 327 g/mol. The van der Waals surface area contributed by atoms with Crippen LogP contribution >= 0.6 is 15.9 Å². The number of pyridine rings is 1. The number of hydrogen-bond acceptors (Lipinski definition) is 3. The average molecular weight is 328 g/mol. The number of rotatable bonds is 4. The van der Waals surface area contributed by atoms with Gasteiger partial charge in [0.1, 0.15) is 11.6 Å². The van der Waals surface area contributed by atoms with Crippen LogP contribution in [0.5, 0.6) is 0 Å². The summed E-state index contributed by atoms with van der Waals surface area (Å²) in [4.78, 5) is 4.17. The van der Waals surface area contributed by atoms with Gasteiger partial charge in [-0.3, -0.25) is 16.3 Å². The second-order valence-corrected chi connectivity index (χ2v) is 4.85. The maximum Gasteiger partial charge on any atom is 0.129 e. The average Bonchev–Trinajstić information content (AvgIpc) is 2.40. The zero-order valence-electron chi connectivity index (χ0n) is 9.91. The van der Waals surface area contributed by atoms with Gasteiger partial charge < -0.3 is 0 Å². The number of halogens is 3. The van der Waals surface area contributed by atoms with E-state index in [2.05, 4.69) is 26.3 Å². The molecule has 1 heterocycles. The van der Waals surface area contributed by atoms with Crippen LogP contribution in [0.3, 0.4) is 0 Å². The summed E-state index contributed by atoms with van der Waals surface area (Å²) in [7, 11) is 0. The lowest BCUT2D eigenvalue weighted by Crippen LogP contribution is -2.31. The molecular formula is C13H12BrF2N3. The van der Waals surface area contributed by atoms with Gasteiger partial charge in [0, 0.05) is 22.7 Å². The highest BCUT2D eigenvalue weighted by molar-refractivity contribution is 9.10. The lowest BCUT2D eigenvalue weighted by molar-refractivity contribution is 0.491. The van der Waals surface area contributed by atoms with Gasteiger partial charge in [-0.05, 0) is 40.2 Å². The SMILES string of the molecule is NNC(Cc1c(F)cccc1F)c1ncccc1Br. The topological polar surface area (TPSA) is 50.9 Å². The number of benzene rings is 1. The molecule has 0 aliphatic heterocycles. The van der Waals surface area contributed by atoms with E-state index in [9.17, 15) is 8.78 Å². The van der Waals surface area contributed by atoms with Gasteiger partial charge >= 0.3 is 0 Å². The van der Waals surface area contributed by atoms with Gasteiger partial charge in [-0.25, -0.2) is 8.78 Å². The van der Waals surface area contributed by atoms with E-state index in [0.29, 0.717) is 5.69 Å². The van der Waals surface area contributed by atoms with Crippen LogP contribution in [-0.2, 0) is 6.42 Å². The highest BCUT2D eigenvalue weighted by atomic mass is 79.9. The lowest BCUT2D eigenvalue weighted by atomic mass is 10.0. The summed E-state index contributed by atoms with van der Waals surface area (Å²) in [6, 6.07) is 6.84. The van der Waals surface area contributed by atoms with Gasteiger partial charge in [-0.15, -0.1) is 0 Å². The molecule has 1 aromatic heterocycles. The summed E-state index contributed by atoms with van der Waals surface area (Å²) >= 11 is 3.34. The van der Waals surface area contributed by atoms with E-state index < -0.39 is 17.7 Å². The van der Waals surface area contributed by atoms with Crippen LogP contribution < -0.4 is 11.3 Å². The molecule has 1 aromatic carbocycles. The third-order valence-corrected chi connectivity index (χ3v) is 3.46. The normalized spacial score (nSPS) is 12.4. The molecular weight excluding hydrogens is 316 g/mol. The maximum absolute atomic E-state index is 13.6. The van der Waals surface area contributed by atoms with Gasteiger partial charge in [0.25, 0.3) is 0 Å². The second kappa shape index (κ2) is 6.18. The third-order valence-electron chi connectivity index (χ3n) is 2.79. The molecule has 0 saturated heterocycles. The minimum Gasteiger partial charge on any atom is -0.271 e. The summed E-state index contributed by atoms with van der Waals surface area (Å²) in [6.45, 7) is 0. The number of aromatic nitrogens is 1.